The molecule has 4 aliphatic rings. The summed E-state index contributed by atoms with van der Waals surface area (Å²) in [5.74, 6) is -1.56. The van der Waals surface area contributed by atoms with Crippen LogP contribution in [0.2, 0.25) is 0 Å². The van der Waals surface area contributed by atoms with Crippen LogP contribution in [0.4, 0.5) is 5.69 Å². The van der Waals surface area contributed by atoms with Crippen molar-refractivity contribution in [3.8, 4) is 0 Å². The molecular formula is C28H39N7O4. The normalized spacial score (nSPS) is 26.9. The van der Waals surface area contributed by atoms with E-state index < -0.39 is 30.0 Å². The van der Waals surface area contributed by atoms with Gasteiger partial charge in [0.1, 0.15) is 12.6 Å². The number of nitrogens with zero attached hydrogens (tertiary/aromatic N) is 6. The van der Waals surface area contributed by atoms with Gasteiger partial charge in [-0.15, -0.1) is 0 Å². The Morgan fingerprint density at radius 2 is 1.85 bits per heavy atom. The monoisotopic (exact) mass is 537 g/mol. The quantitative estimate of drug-likeness (QED) is 0.322. The number of hydrogen-bond donors (Lipinski definition) is 1. The lowest BCUT2D eigenvalue weighted by atomic mass is 9.74. The van der Waals surface area contributed by atoms with Gasteiger partial charge in [0.25, 0.3) is 0 Å². The number of carbonyl (C=O) groups excluding carboxylic acids is 3. The fourth-order valence-electron chi connectivity index (χ4n) is 6.99. The Labute approximate surface area is 229 Å². The van der Waals surface area contributed by atoms with Crippen molar-refractivity contribution in [3.63, 3.8) is 0 Å². The number of piperazine rings is 1. The van der Waals surface area contributed by atoms with E-state index in [0.717, 1.165) is 64.0 Å². The van der Waals surface area contributed by atoms with Gasteiger partial charge in [-0.2, -0.15) is 0 Å². The summed E-state index contributed by atoms with van der Waals surface area (Å²) in [6.45, 7) is 8.00. The van der Waals surface area contributed by atoms with E-state index in [1.165, 1.54) is 0 Å². The Hall–Kier alpha value is -3.14. The molecule has 0 aromatic heterocycles. The summed E-state index contributed by atoms with van der Waals surface area (Å²) in [5.41, 5.74) is 16.9. The number of azide groups is 1. The van der Waals surface area contributed by atoms with Crippen LogP contribution in [-0.2, 0) is 14.3 Å². The third-order valence-electron chi connectivity index (χ3n) is 9.07. The molecule has 4 fully saturated rings. The molecule has 39 heavy (non-hydrogen) atoms. The van der Waals surface area contributed by atoms with Crippen LogP contribution < -0.4 is 10.6 Å². The molecule has 4 atom stereocenters. The summed E-state index contributed by atoms with van der Waals surface area (Å²) in [5, 5.41) is 3.84. The number of carbonyl (C=O) groups is 3. The van der Waals surface area contributed by atoms with Crippen molar-refractivity contribution in [1.29, 1.82) is 0 Å². The Balaban J connectivity index is 1.52. The van der Waals surface area contributed by atoms with Gasteiger partial charge in [0.15, 0.2) is 5.78 Å². The van der Waals surface area contributed by atoms with Crippen molar-refractivity contribution < 1.29 is 19.1 Å². The third kappa shape index (κ3) is 5.35. The first kappa shape index (κ1) is 27.4. The summed E-state index contributed by atoms with van der Waals surface area (Å²) in [4.78, 5) is 49.2. The minimum absolute atomic E-state index is 0.0202. The molecule has 0 spiro atoms. The van der Waals surface area contributed by atoms with Gasteiger partial charge in [0.2, 0.25) is 11.8 Å². The molecular weight excluding hydrogens is 498 g/mol. The molecule has 3 aliphatic heterocycles. The molecule has 1 aliphatic carbocycles. The average molecular weight is 538 g/mol. The molecule has 11 heteroatoms. The number of ketones is 1. The maximum absolute atomic E-state index is 14.5. The molecule has 5 rings (SSSR count). The van der Waals surface area contributed by atoms with Crippen molar-refractivity contribution in [3.05, 3.63) is 39.8 Å². The predicted molar refractivity (Wildman–Crippen MR) is 146 cm³/mol. The van der Waals surface area contributed by atoms with Crippen molar-refractivity contribution in [1.82, 2.24) is 9.80 Å². The number of rotatable bonds is 7. The van der Waals surface area contributed by atoms with Crippen LogP contribution in [0.3, 0.4) is 0 Å². The second-order valence-electron chi connectivity index (χ2n) is 11.6. The molecule has 2 N–H and O–H groups in total. The highest BCUT2D eigenvalue weighted by atomic mass is 16.5. The number of amides is 2. The van der Waals surface area contributed by atoms with Crippen molar-refractivity contribution in [2.45, 2.75) is 76.1 Å². The van der Waals surface area contributed by atoms with Gasteiger partial charge in [0.05, 0.1) is 18.1 Å². The van der Waals surface area contributed by atoms with Crippen LogP contribution in [0.5, 0.6) is 0 Å². The first-order valence-electron chi connectivity index (χ1n) is 14.2. The van der Waals surface area contributed by atoms with Crippen molar-refractivity contribution in [2.75, 3.05) is 44.2 Å². The standard InChI is InChI=1S/C28H39N7O4/c1-17(2)33-10-12-34(13-11-33)19-8-9-20(27(29)37)21(14-19)24(18-6-4-3-5-7-18)28(38)35-15-22(31-32-30)26-25(35)23(36)16-39-26/h8-9,14,17-18,22,24-26H,3-7,10-13,15-16H2,1-2H3,(H2,29,37)/t22-,24-,25+,26+/m0/s1. The summed E-state index contributed by atoms with van der Waals surface area (Å²) >= 11 is 0. The average Bonchev–Trinajstić information content (AvgIpc) is 3.50. The van der Waals surface area contributed by atoms with Gasteiger partial charge in [-0.05, 0) is 61.9 Å². The number of benzene rings is 1. The maximum Gasteiger partial charge on any atom is 0.249 e. The lowest BCUT2D eigenvalue weighted by Gasteiger charge is -2.39. The zero-order chi connectivity index (χ0) is 27.7. The fourth-order valence-corrected chi connectivity index (χ4v) is 6.99. The van der Waals surface area contributed by atoms with Crippen molar-refractivity contribution in [2.24, 2.45) is 16.8 Å². The lowest BCUT2D eigenvalue weighted by Crippen LogP contribution is -2.49. The summed E-state index contributed by atoms with van der Waals surface area (Å²) < 4.78 is 5.66. The molecule has 210 valence electrons. The fraction of sp³-hybridized carbons (Fsp3) is 0.679. The summed E-state index contributed by atoms with van der Waals surface area (Å²) in [7, 11) is 0. The molecule has 1 saturated carbocycles. The number of ether oxygens (including phenoxy) is 1. The van der Waals surface area contributed by atoms with Gasteiger partial charge >= 0.3 is 0 Å². The lowest BCUT2D eigenvalue weighted by molar-refractivity contribution is -0.139. The molecule has 0 unspecified atom stereocenters. The Morgan fingerprint density at radius 3 is 2.49 bits per heavy atom. The van der Waals surface area contributed by atoms with E-state index in [1.807, 2.05) is 12.1 Å². The molecule has 0 bridgehead atoms. The predicted octanol–water partition coefficient (Wildman–Crippen LogP) is 2.84. The van der Waals surface area contributed by atoms with Gasteiger partial charge in [0, 0.05) is 54.9 Å². The third-order valence-corrected chi connectivity index (χ3v) is 9.07. The first-order chi connectivity index (χ1) is 18.8. The smallest absolute Gasteiger partial charge is 0.249 e. The SMILES string of the molecule is CC(C)N1CCN(c2ccc(C(N)=O)c([C@@H](C(=O)N3C[C@H](N=[N+]=[N-])[C@H]4OCC(=O)[C@H]43)C3CCCCC3)c2)CC1. The zero-order valence-electron chi connectivity index (χ0n) is 22.9. The Morgan fingerprint density at radius 1 is 1.13 bits per heavy atom. The Bertz CT molecular complexity index is 1150. The van der Waals surface area contributed by atoms with E-state index in [1.54, 1.807) is 11.0 Å². The van der Waals surface area contributed by atoms with Crippen LogP contribution in [0.1, 0.15) is 67.8 Å². The minimum atomic E-state index is -0.775. The molecule has 3 saturated heterocycles. The number of nitrogens with two attached hydrogens (primary N) is 1. The number of likely N-dealkylation sites (tertiary alicyclic amines) is 1. The number of primary amides is 1. The number of anilines is 1. The van der Waals surface area contributed by atoms with Crippen LogP contribution in [0, 0.1) is 5.92 Å². The van der Waals surface area contributed by atoms with E-state index in [4.69, 9.17) is 16.0 Å². The van der Waals surface area contributed by atoms with Gasteiger partial charge in [-0.3, -0.25) is 19.3 Å². The minimum Gasteiger partial charge on any atom is -0.369 e. The second kappa shape index (κ2) is 11.5. The zero-order valence-corrected chi connectivity index (χ0v) is 22.9. The van der Waals surface area contributed by atoms with Gasteiger partial charge in [-0.25, -0.2) is 0 Å². The molecule has 1 aromatic rings. The topological polar surface area (TPSA) is 145 Å². The van der Waals surface area contributed by atoms with E-state index >= 15 is 0 Å². The largest absolute Gasteiger partial charge is 0.369 e. The molecule has 2 amide bonds. The molecule has 0 radical (unpaired) electrons. The molecule has 11 nitrogen and oxygen atoms in total. The van der Waals surface area contributed by atoms with Crippen LogP contribution in [-0.4, -0.2) is 91.0 Å². The second-order valence-corrected chi connectivity index (χ2v) is 11.6. The summed E-state index contributed by atoms with van der Waals surface area (Å²) in [6, 6.07) is 4.74. The highest BCUT2D eigenvalue weighted by Crippen LogP contribution is 2.42. The van der Waals surface area contributed by atoms with Gasteiger partial charge in [-0.1, -0.05) is 24.4 Å². The maximum atomic E-state index is 14.5. The van der Waals surface area contributed by atoms with Crippen molar-refractivity contribution >= 4 is 23.3 Å². The molecule has 3 heterocycles. The first-order valence-corrected chi connectivity index (χ1v) is 14.2. The van der Waals surface area contributed by atoms with E-state index in [0.29, 0.717) is 17.2 Å². The van der Waals surface area contributed by atoms with Crippen LogP contribution in [0.15, 0.2) is 23.3 Å². The van der Waals surface area contributed by atoms with E-state index in [2.05, 4.69) is 33.7 Å². The van der Waals surface area contributed by atoms with E-state index in [-0.39, 0.29) is 30.8 Å². The van der Waals surface area contributed by atoms with E-state index in [9.17, 15) is 14.4 Å². The Kier molecular flexibility index (Phi) is 8.11. The van der Waals surface area contributed by atoms with Gasteiger partial charge < -0.3 is 20.3 Å². The summed E-state index contributed by atoms with van der Waals surface area (Å²) in [6.07, 6.45) is 4.21. The van der Waals surface area contributed by atoms with Crippen LogP contribution in [0.25, 0.3) is 10.4 Å². The molecule has 1 aromatic carbocycles. The number of Topliss-reactive ketones (excluding diaryl/α,β-unsaturated/α-hetero) is 1. The highest BCUT2D eigenvalue weighted by molar-refractivity contribution is 5.99. The number of hydrogen-bond acceptors (Lipinski definition) is 7. The van der Waals surface area contributed by atoms with Crippen LogP contribution >= 0.6 is 0 Å². The highest BCUT2D eigenvalue weighted by Gasteiger charge is 2.53. The number of fused-ring (bicyclic) bond motifs is 1.